The normalized spacial score (nSPS) is 26.6. The Kier molecular flexibility index (Phi) is 4.83. The summed E-state index contributed by atoms with van der Waals surface area (Å²) >= 11 is 0. The molecule has 26 heavy (non-hydrogen) atoms. The number of benzene rings is 1. The van der Waals surface area contributed by atoms with Gasteiger partial charge in [-0.25, -0.2) is 0 Å². The molecule has 4 rings (SSSR count). The van der Waals surface area contributed by atoms with Crippen LogP contribution in [0.5, 0.6) is 11.5 Å². The predicted molar refractivity (Wildman–Crippen MR) is 99.1 cm³/mol. The fourth-order valence-electron chi connectivity index (χ4n) is 4.42. The lowest BCUT2D eigenvalue weighted by molar-refractivity contribution is 0.116. The van der Waals surface area contributed by atoms with Gasteiger partial charge >= 0.3 is 0 Å². The van der Waals surface area contributed by atoms with Gasteiger partial charge in [0.2, 0.25) is 0 Å². The molecular formula is C21H26N2O3. The van der Waals surface area contributed by atoms with E-state index in [-0.39, 0.29) is 11.9 Å². The molecule has 0 amide bonds. The first-order chi connectivity index (χ1) is 12.6. The molecule has 2 aromatic rings. The topological polar surface area (TPSA) is 65.8 Å². The molecule has 2 heterocycles. The Balaban J connectivity index is 1.28. The lowest BCUT2D eigenvalue weighted by Gasteiger charge is -2.22. The van der Waals surface area contributed by atoms with Crippen LogP contribution in [0.15, 0.2) is 42.7 Å². The Morgan fingerprint density at radius 2 is 1.85 bits per heavy atom. The summed E-state index contributed by atoms with van der Waals surface area (Å²) in [6, 6.07) is 8.87. The summed E-state index contributed by atoms with van der Waals surface area (Å²) in [6.07, 6.45) is 5.54. The molecule has 5 nitrogen and oxygen atoms in total. The van der Waals surface area contributed by atoms with Crippen molar-refractivity contribution in [2.45, 2.75) is 32.0 Å². The van der Waals surface area contributed by atoms with Gasteiger partial charge in [-0.15, -0.1) is 0 Å². The molecule has 1 unspecified atom stereocenters. The Hall–Kier alpha value is -2.11. The highest BCUT2D eigenvalue weighted by Crippen LogP contribution is 2.40. The number of β-amino-alcohol motifs (C(OH)–C–C–N with tert-alkyl or cyclic N) is 1. The summed E-state index contributed by atoms with van der Waals surface area (Å²) < 4.78 is 6.14. The van der Waals surface area contributed by atoms with E-state index in [0.717, 1.165) is 42.8 Å². The average Bonchev–Trinajstić information content (AvgIpc) is 3.13. The minimum atomic E-state index is -0.514. The van der Waals surface area contributed by atoms with E-state index in [0.29, 0.717) is 18.4 Å². The molecule has 0 radical (unpaired) electrons. The van der Waals surface area contributed by atoms with Gasteiger partial charge in [-0.2, -0.15) is 0 Å². The smallest absolute Gasteiger partial charge is 0.138 e. The maximum Gasteiger partial charge on any atom is 0.138 e. The quantitative estimate of drug-likeness (QED) is 0.864. The number of hydrogen-bond acceptors (Lipinski definition) is 5. The van der Waals surface area contributed by atoms with Crippen molar-refractivity contribution in [2.24, 2.45) is 11.8 Å². The Morgan fingerprint density at radius 1 is 1.15 bits per heavy atom. The van der Waals surface area contributed by atoms with E-state index >= 15 is 0 Å². The van der Waals surface area contributed by atoms with Gasteiger partial charge < -0.3 is 14.9 Å². The maximum absolute atomic E-state index is 10.5. The van der Waals surface area contributed by atoms with Crippen molar-refractivity contribution < 1.29 is 14.9 Å². The Morgan fingerprint density at radius 3 is 2.50 bits per heavy atom. The molecule has 1 aromatic heterocycles. The minimum absolute atomic E-state index is 0.228. The van der Waals surface area contributed by atoms with E-state index in [1.54, 1.807) is 30.5 Å². The molecular weight excluding hydrogens is 328 g/mol. The van der Waals surface area contributed by atoms with Gasteiger partial charge in [-0.1, -0.05) is 12.1 Å². The molecule has 2 N–H and O–H groups in total. The second-order valence-electron chi connectivity index (χ2n) is 7.76. The van der Waals surface area contributed by atoms with Crippen LogP contribution >= 0.6 is 0 Å². The van der Waals surface area contributed by atoms with Crippen LogP contribution in [-0.4, -0.2) is 45.8 Å². The molecule has 0 bridgehead atoms. The zero-order chi connectivity index (χ0) is 18.1. The lowest BCUT2D eigenvalue weighted by Crippen LogP contribution is -2.28. The predicted octanol–water partition coefficient (Wildman–Crippen LogP) is 2.92. The van der Waals surface area contributed by atoms with E-state index in [9.17, 15) is 10.2 Å². The average molecular weight is 354 g/mol. The number of pyridine rings is 1. The number of rotatable bonds is 5. The number of aromatic nitrogens is 1. The largest absolute Gasteiger partial charge is 0.508 e. The Bertz CT molecular complexity index is 735. The van der Waals surface area contributed by atoms with Crippen molar-refractivity contribution in [1.82, 2.24) is 9.88 Å². The first-order valence-electron chi connectivity index (χ1n) is 9.34. The summed E-state index contributed by atoms with van der Waals surface area (Å²) in [5.74, 6) is 2.38. The van der Waals surface area contributed by atoms with Crippen LogP contribution in [0.3, 0.4) is 0 Å². The number of aliphatic hydroxyl groups is 1. The van der Waals surface area contributed by atoms with Gasteiger partial charge in [-0.3, -0.25) is 9.88 Å². The van der Waals surface area contributed by atoms with Gasteiger partial charge in [0.1, 0.15) is 11.5 Å². The number of hydrogen-bond donors (Lipinski definition) is 2. The number of phenolic OH excluding ortho intramolecular Hbond substituents is 1. The molecule has 4 atom stereocenters. The first-order valence-corrected chi connectivity index (χ1v) is 9.34. The molecule has 138 valence electrons. The highest BCUT2D eigenvalue weighted by Gasteiger charge is 2.42. The zero-order valence-electron chi connectivity index (χ0n) is 15.1. The van der Waals surface area contributed by atoms with E-state index in [1.165, 1.54) is 0 Å². The van der Waals surface area contributed by atoms with Gasteiger partial charge in [-0.05, 0) is 60.9 Å². The van der Waals surface area contributed by atoms with Crippen LogP contribution in [0, 0.1) is 18.8 Å². The number of ether oxygens (including phenoxy) is 1. The number of aryl methyl sites for hydroxylation is 1. The van der Waals surface area contributed by atoms with Crippen molar-refractivity contribution in [2.75, 3.05) is 19.6 Å². The van der Waals surface area contributed by atoms with Crippen molar-refractivity contribution >= 4 is 0 Å². The van der Waals surface area contributed by atoms with Crippen LogP contribution < -0.4 is 4.74 Å². The standard InChI is InChI=1S/C21H26N2O3/c1-14-6-20(10-22-9-14)26-19-7-16-11-23(12-17(16)8-19)13-21(25)15-2-4-18(24)5-3-15/h2-6,9-10,16-17,19,21,24-25H,7-8,11-13H2,1H3/t16-,17+,19+,21?. The molecule has 1 saturated carbocycles. The number of aromatic hydroxyl groups is 1. The first kappa shape index (κ1) is 17.3. The number of likely N-dealkylation sites (tertiary alicyclic amines) is 1. The highest BCUT2D eigenvalue weighted by molar-refractivity contribution is 5.27. The third kappa shape index (κ3) is 3.84. The van der Waals surface area contributed by atoms with Crippen LogP contribution in [0.2, 0.25) is 0 Å². The summed E-state index contributed by atoms with van der Waals surface area (Å²) in [5.41, 5.74) is 1.98. The van der Waals surface area contributed by atoms with Crippen LogP contribution in [-0.2, 0) is 0 Å². The fourth-order valence-corrected chi connectivity index (χ4v) is 4.42. The van der Waals surface area contributed by atoms with Gasteiger partial charge in [0, 0.05) is 25.8 Å². The Labute approximate surface area is 154 Å². The third-order valence-corrected chi connectivity index (χ3v) is 5.64. The summed E-state index contributed by atoms with van der Waals surface area (Å²) in [5, 5.41) is 19.8. The molecule has 2 aliphatic rings. The number of fused-ring (bicyclic) bond motifs is 1. The van der Waals surface area contributed by atoms with Gasteiger partial charge in [0.15, 0.2) is 0 Å². The summed E-state index contributed by atoms with van der Waals surface area (Å²) in [4.78, 5) is 6.56. The van der Waals surface area contributed by atoms with E-state index in [2.05, 4.69) is 9.88 Å². The third-order valence-electron chi connectivity index (χ3n) is 5.64. The fraction of sp³-hybridized carbons (Fsp3) is 0.476. The van der Waals surface area contributed by atoms with Crippen molar-refractivity contribution in [3.8, 4) is 11.5 Å². The van der Waals surface area contributed by atoms with E-state index in [1.807, 2.05) is 19.2 Å². The number of aliphatic hydroxyl groups excluding tert-OH is 1. The highest BCUT2D eigenvalue weighted by atomic mass is 16.5. The monoisotopic (exact) mass is 354 g/mol. The molecule has 2 fully saturated rings. The molecule has 1 saturated heterocycles. The maximum atomic E-state index is 10.5. The van der Waals surface area contributed by atoms with E-state index < -0.39 is 6.10 Å². The SMILES string of the molecule is Cc1cncc(O[C@H]2C[C@@H]3CN(CC(O)c4ccc(O)cc4)C[C@@H]3C2)c1. The molecule has 1 aromatic carbocycles. The lowest BCUT2D eigenvalue weighted by atomic mass is 10.0. The second-order valence-corrected chi connectivity index (χ2v) is 7.76. The number of phenols is 1. The molecule has 0 spiro atoms. The van der Waals surface area contributed by atoms with Gasteiger partial charge in [0.05, 0.1) is 18.4 Å². The molecule has 1 aliphatic carbocycles. The zero-order valence-corrected chi connectivity index (χ0v) is 15.1. The van der Waals surface area contributed by atoms with Crippen molar-refractivity contribution in [3.63, 3.8) is 0 Å². The minimum Gasteiger partial charge on any atom is -0.508 e. The van der Waals surface area contributed by atoms with Crippen molar-refractivity contribution in [1.29, 1.82) is 0 Å². The van der Waals surface area contributed by atoms with Crippen molar-refractivity contribution in [3.05, 3.63) is 53.9 Å². The summed E-state index contributed by atoms with van der Waals surface area (Å²) in [6.45, 7) is 4.71. The van der Waals surface area contributed by atoms with E-state index in [4.69, 9.17) is 4.74 Å². The van der Waals surface area contributed by atoms with Gasteiger partial charge in [0.25, 0.3) is 0 Å². The summed E-state index contributed by atoms with van der Waals surface area (Å²) in [7, 11) is 0. The van der Waals surface area contributed by atoms with Crippen LogP contribution in [0.4, 0.5) is 0 Å². The van der Waals surface area contributed by atoms with Crippen LogP contribution in [0.1, 0.15) is 30.1 Å². The molecule has 5 heteroatoms. The number of nitrogens with zero attached hydrogens (tertiary/aromatic N) is 2. The van der Waals surface area contributed by atoms with Crippen LogP contribution in [0.25, 0.3) is 0 Å². The molecule has 1 aliphatic heterocycles. The second kappa shape index (κ2) is 7.25.